The summed E-state index contributed by atoms with van der Waals surface area (Å²) in [5.41, 5.74) is 0. The molecule has 59 valence electrons. The number of hydrogen-bond acceptors (Lipinski definition) is 6. The summed E-state index contributed by atoms with van der Waals surface area (Å²) in [6, 6.07) is 0. The molecule has 6 nitrogen and oxygen atoms in total. The van der Waals surface area contributed by atoms with Gasteiger partial charge in [0, 0.05) is 20.1 Å². The van der Waals surface area contributed by atoms with Crippen LogP contribution in [0.25, 0.3) is 0 Å². The second-order valence-corrected chi connectivity index (χ2v) is 0. The first-order valence-electron chi connectivity index (χ1n) is 0. The monoisotopic (exact) mass is 429 g/mol. The molecule has 0 aromatic carbocycles. The van der Waals surface area contributed by atoms with Crippen molar-refractivity contribution < 1.29 is 20.1 Å². The molecule has 0 heterocycles. The standard InChI is InChI=1S/Cs.Ir.6H3N.H/h;;6*1H3;. The minimum atomic E-state index is 0. The molecule has 0 unspecified atom stereocenters. The van der Waals surface area contributed by atoms with Gasteiger partial charge in [0.15, 0.2) is 0 Å². The van der Waals surface area contributed by atoms with E-state index in [-0.39, 0.29) is 126 Å². The molecule has 0 aliphatic carbocycles. The summed E-state index contributed by atoms with van der Waals surface area (Å²) < 4.78 is 0. The second kappa shape index (κ2) is 112. The predicted octanol–water partition coefficient (Wildman–Crippen LogP) is 0.321. The van der Waals surface area contributed by atoms with Gasteiger partial charge < -0.3 is 36.9 Å². The van der Waals surface area contributed by atoms with Crippen LogP contribution < -0.4 is 36.9 Å². The van der Waals surface area contributed by atoms with Gasteiger partial charge in [0.05, 0.1) is 0 Å². The molecule has 0 aromatic rings. The molecule has 0 saturated heterocycles. The van der Waals surface area contributed by atoms with E-state index in [1.807, 2.05) is 0 Å². The Morgan fingerprint density at radius 3 is 0.375 bits per heavy atom. The molecular weight excluding hydrogens is 409 g/mol. The van der Waals surface area contributed by atoms with Crippen LogP contribution in [-0.4, -0.2) is 68.9 Å². The zero-order valence-corrected chi connectivity index (χ0v) is 6.97. The predicted molar refractivity (Wildman–Crippen MR) is 37.3 cm³/mol. The summed E-state index contributed by atoms with van der Waals surface area (Å²) in [4.78, 5) is 0. The third-order valence-electron chi connectivity index (χ3n) is 0. The molecule has 0 fully saturated rings. The average Bonchev–Trinajstić information content (AvgIpc) is 0. The zero-order chi connectivity index (χ0) is 0. The first-order valence-corrected chi connectivity index (χ1v) is 0. The Kier molecular flexibility index (Phi) is 2160. The molecule has 0 spiro atoms. The third-order valence-corrected chi connectivity index (χ3v) is 0. The largest absolute Gasteiger partial charge is 0 e. The molecular formula is H19CsIrN6. The van der Waals surface area contributed by atoms with Gasteiger partial charge in [-0.3, -0.25) is 0 Å². The minimum Gasteiger partial charge on any atom is 0 e. The molecule has 8 heavy (non-hydrogen) atoms. The van der Waals surface area contributed by atoms with Gasteiger partial charge in [-0.05, 0) is 0 Å². The zero-order valence-electron chi connectivity index (χ0n) is 4.58. The Hall–Kier alpha value is 2.46. The summed E-state index contributed by atoms with van der Waals surface area (Å²) >= 11 is 0. The fourth-order valence-corrected chi connectivity index (χ4v) is 0. The smallest absolute Gasteiger partial charge is 0 e. The van der Waals surface area contributed by atoms with Crippen molar-refractivity contribution in [2.24, 2.45) is 0 Å². The van der Waals surface area contributed by atoms with Crippen molar-refractivity contribution in [2.45, 2.75) is 0 Å². The van der Waals surface area contributed by atoms with Crippen LogP contribution in [0.1, 0.15) is 0 Å². The van der Waals surface area contributed by atoms with Gasteiger partial charge in [0.25, 0.3) is 0 Å². The van der Waals surface area contributed by atoms with E-state index < -0.39 is 0 Å². The molecule has 18 N–H and O–H groups in total. The van der Waals surface area contributed by atoms with E-state index in [4.69, 9.17) is 0 Å². The van der Waals surface area contributed by atoms with Crippen LogP contribution in [0.2, 0.25) is 0 Å². The SMILES string of the molecule is N.N.N.N.N.N.[CsH].[Ir]. The summed E-state index contributed by atoms with van der Waals surface area (Å²) in [7, 11) is 0. The van der Waals surface area contributed by atoms with E-state index in [9.17, 15) is 0 Å². The van der Waals surface area contributed by atoms with Crippen LogP contribution in [0.3, 0.4) is 0 Å². The molecule has 0 aliphatic rings. The fraction of sp³-hybridized carbons (Fsp3) is 0. The van der Waals surface area contributed by atoms with E-state index in [2.05, 4.69) is 0 Å². The topological polar surface area (TPSA) is 210 Å². The maximum atomic E-state index is 0. The molecule has 0 bridgehead atoms. The second-order valence-electron chi connectivity index (χ2n) is 0. The van der Waals surface area contributed by atoms with Gasteiger partial charge in [0.1, 0.15) is 0 Å². The Bertz CT molecular complexity index is 8.49. The first kappa shape index (κ1) is 155. The van der Waals surface area contributed by atoms with Gasteiger partial charge >= 0.3 is 68.9 Å². The van der Waals surface area contributed by atoms with Crippen molar-refractivity contribution in [2.75, 3.05) is 0 Å². The van der Waals surface area contributed by atoms with Crippen LogP contribution in [0.4, 0.5) is 0 Å². The van der Waals surface area contributed by atoms with Crippen molar-refractivity contribution in [1.82, 2.24) is 36.9 Å². The number of hydrogen-bond donors (Lipinski definition) is 6. The maximum absolute atomic E-state index is 0. The van der Waals surface area contributed by atoms with Crippen LogP contribution in [0, 0.1) is 0 Å². The first-order chi connectivity index (χ1) is 0. The fourth-order valence-electron chi connectivity index (χ4n) is 0. The van der Waals surface area contributed by atoms with Gasteiger partial charge in [-0.15, -0.1) is 0 Å². The Morgan fingerprint density at radius 2 is 0.375 bits per heavy atom. The number of rotatable bonds is 0. The maximum Gasteiger partial charge on any atom is 0 e. The van der Waals surface area contributed by atoms with E-state index in [0.29, 0.717) is 0 Å². The summed E-state index contributed by atoms with van der Waals surface area (Å²) in [6.07, 6.45) is 0. The van der Waals surface area contributed by atoms with Gasteiger partial charge in [-0.2, -0.15) is 0 Å². The van der Waals surface area contributed by atoms with Crippen molar-refractivity contribution in [3.63, 3.8) is 0 Å². The molecule has 0 atom stereocenters. The van der Waals surface area contributed by atoms with E-state index in [0.717, 1.165) is 0 Å². The van der Waals surface area contributed by atoms with E-state index in [1.165, 1.54) is 0 Å². The quantitative estimate of drug-likeness (QED) is 0.320. The molecule has 0 aliphatic heterocycles. The van der Waals surface area contributed by atoms with E-state index >= 15 is 0 Å². The summed E-state index contributed by atoms with van der Waals surface area (Å²) in [5.74, 6) is 0. The van der Waals surface area contributed by atoms with Crippen LogP contribution in [0.15, 0.2) is 0 Å². The molecule has 0 aromatic heterocycles. The Morgan fingerprint density at radius 1 is 0.375 bits per heavy atom. The van der Waals surface area contributed by atoms with Gasteiger partial charge in [0.2, 0.25) is 0 Å². The molecule has 8 heteroatoms. The Balaban J connectivity index is 0. The van der Waals surface area contributed by atoms with Crippen LogP contribution >= 0.6 is 0 Å². The summed E-state index contributed by atoms with van der Waals surface area (Å²) in [6.45, 7) is 0. The summed E-state index contributed by atoms with van der Waals surface area (Å²) in [5, 5.41) is 0. The van der Waals surface area contributed by atoms with Crippen LogP contribution in [0.5, 0.6) is 0 Å². The van der Waals surface area contributed by atoms with Crippen molar-refractivity contribution in [1.29, 1.82) is 0 Å². The van der Waals surface area contributed by atoms with E-state index in [1.54, 1.807) is 0 Å². The van der Waals surface area contributed by atoms with Gasteiger partial charge in [-0.25, -0.2) is 0 Å². The third kappa shape index (κ3) is 77.8. The molecule has 1 radical (unpaired) electrons. The molecule has 0 rings (SSSR count). The van der Waals surface area contributed by atoms with Crippen molar-refractivity contribution >= 4 is 68.9 Å². The van der Waals surface area contributed by atoms with Crippen molar-refractivity contribution in [3.05, 3.63) is 0 Å². The normalized spacial score (nSPS) is 0. The molecule has 0 amide bonds. The van der Waals surface area contributed by atoms with Crippen molar-refractivity contribution in [3.8, 4) is 0 Å². The Labute approximate surface area is 123 Å². The average molecular weight is 428 g/mol. The molecule has 0 saturated carbocycles. The van der Waals surface area contributed by atoms with Crippen LogP contribution in [-0.2, 0) is 20.1 Å². The minimum absolute atomic E-state index is 0. The van der Waals surface area contributed by atoms with Gasteiger partial charge in [-0.1, -0.05) is 0 Å².